The van der Waals surface area contributed by atoms with Gasteiger partial charge in [0.15, 0.2) is 4.80 Å². The molecule has 3 rings (SSSR count). The van der Waals surface area contributed by atoms with Crippen LogP contribution in [-0.4, -0.2) is 28.8 Å². The maximum atomic E-state index is 12.3. The van der Waals surface area contributed by atoms with Crippen molar-refractivity contribution < 1.29 is 14.3 Å². The molecule has 1 amide bonds. The third kappa shape index (κ3) is 4.91. The molecule has 0 fully saturated rings. The van der Waals surface area contributed by atoms with E-state index in [4.69, 9.17) is 4.74 Å². The number of esters is 1. The Hall–Kier alpha value is -2.38. The zero-order chi connectivity index (χ0) is 19.9. The van der Waals surface area contributed by atoms with Gasteiger partial charge in [0, 0.05) is 23.6 Å². The number of rotatable bonds is 7. The Bertz CT molecular complexity index is 1040. The highest BCUT2D eigenvalue weighted by atomic mass is 32.2. The molecule has 0 aliphatic carbocycles. The van der Waals surface area contributed by atoms with Gasteiger partial charge in [0.05, 0.1) is 22.4 Å². The second kappa shape index (κ2) is 9.71. The van der Waals surface area contributed by atoms with E-state index in [0.29, 0.717) is 35.7 Å². The van der Waals surface area contributed by atoms with Crippen molar-refractivity contribution in [1.82, 2.24) is 4.57 Å². The summed E-state index contributed by atoms with van der Waals surface area (Å²) in [6, 6.07) is 15.5. The molecule has 146 valence electrons. The first kappa shape index (κ1) is 20.4. The van der Waals surface area contributed by atoms with Crippen molar-refractivity contribution in [3.63, 3.8) is 0 Å². The van der Waals surface area contributed by atoms with Crippen LogP contribution in [0.25, 0.3) is 10.2 Å². The molecule has 0 saturated carbocycles. The number of thioether (sulfide) groups is 1. The normalized spacial score (nSPS) is 11.7. The molecule has 0 bridgehead atoms. The molecule has 0 saturated heterocycles. The van der Waals surface area contributed by atoms with E-state index in [1.807, 2.05) is 47.9 Å². The van der Waals surface area contributed by atoms with Crippen LogP contribution in [0.5, 0.6) is 0 Å². The summed E-state index contributed by atoms with van der Waals surface area (Å²) in [5.74, 6) is 0.215. The molecule has 3 aromatic rings. The number of carbonyl (C=O) groups excluding carboxylic acids is 2. The van der Waals surface area contributed by atoms with Crippen molar-refractivity contribution in [1.29, 1.82) is 0 Å². The Morgan fingerprint density at radius 3 is 2.64 bits per heavy atom. The highest BCUT2D eigenvalue weighted by Gasteiger charge is 2.12. The van der Waals surface area contributed by atoms with Gasteiger partial charge in [0.1, 0.15) is 0 Å². The molecule has 2 aromatic carbocycles. The molecule has 5 nitrogen and oxygen atoms in total. The maximum absolute atomic E-state index is 12.3. The van der Waals surface area contributed by atoms with Gasteiger partial charge in [0.25, 0.3) is 0 Å². The number of hydrogen-bond acceptors (Lipinski definition) is 5. The number of aryl methyl sites for hydroxylation is 1. The molecule has 0 spiro atoms. The van der Waals surface area contributed by atoms with Crippen LogP contribution in [0.4, 0.5) is 0 Å². The summed E-state index contributed by atoms with van der Waals surface area (Å²) in [5.41, 5.74) is 1.47. The number of carbonyl (C=O) groups is 2. The van der Waals surface area contributed by atoms with Crippen molar-refractivity contribution in [3.05, 3.63) is 58.9 Å². The second-order valence-electron chi connectivity index (χ2n) is 5.95. The predicted octanol–water partition coefficient (Wildman–Crippen LogP) is 4.51. The molecule has 7 heteroatoms. The van der Waals surface area contributed by atoms with Crippen LogP contribution < -0.4 is 4.80 Å². The number of benzene rings is 2. The van der Waals surface area contributed by atoms with Gasteiger partial charge in [-0.25, -0.2) is 4.79 Å². The van der Waals surface area contributed by atoms with Gasteiger partial charge in [-0.05, 0) is 44.2 Å². The first-order valence-corrected chi connectivity index (χ1v) is 11.0. The average Bonchev–Trinajstić information content (AvgIpc) is 3.04. The van der Waals surface area contributed by atoms with E-state index in [-0.39, 0.29) is 11.9 Å². The first-order chi connectivity index (χ1) is 13.6. The summed E-state index contributed by atoms with van der Waals surface area (Å²) in [7, 11) is 0. The van der Waals surface area contributed by atoms with Gasteiger partial charge in [0.2, 0.25) is 5.91 Å². The fourth-order valence-electron chi connectivity index (χ4n) is 2.74. The molecular formula is C21H22N2O3S2. The largest absolute Gasteiger partial charge is 0.462 e. The Morgan fingerprint density at radius 2 is 1.93 bits per heavy atom. The SMILES string of the molecule is CCOC(=O)c1ccc2c(c1)sc(=NC(=O)CCSc1ccccc1)n2CC. The molecule has 0 aliphatic rings. The monoisotopic (exact) mass is 414 g/mol. The molecule has 0 radical (unpaired) electrons. The van der Waals surface area contributed by atoms with E-state index < -0.39 is 0 Å². The fraction of sp³-hybridized carbons (Fsp3) is 0.286. The van der Waals surface area contributed by atoms with Crippen molar-refractivity contribution >= 4 is 45.2 Å². The van der Waals surface area contributed by atoms with E-state index in [2.05, 4.69) is 4.99 Å². The van der Waals surface area contributed by atoms with Crippen LogP contribution in [-0.2, 0) is 16.1 Å². The lowest BCUT2D eigenvalue weighted by Gasteiger charge is -2.03. The van der Waals surface area contributed by atoms with E-state index in [1.165, 1.54) is 11.3 Å². The molecule has 1 heterocycles. The van der Waals surface area contributed by atoms with Gasteiger partial charge in [-0.15, -0.1) is 11.8 Å². The van der Waals surface area contributed by atoms with Crippen LogP contribution in [0.2, 0.25) is 0 Å². The van der Waals surface area contributed by atoms with Crippen molar-refractivity contribution in [2.45, 2.75) is 31.7 Å². The Labute approximate surface area is 172 Å². The van der Waals surface area contributed by atoms with Crippen molar-refractivity contribution in [3.8, 4) is 0 Å². The number of hydrogen-bond donors (Lipinski definition) is 0. The number of nitrogens with zero attached hydrogens (tertiary/aromatic N) is 2. The summed E-state index contributed by atoms with van der Waals surface area (Å²) in [4.78, 5) is 30.4. The van der Waals surface area contributed by atoms with Crippen LogP contribution in [0.3, 0.4) is 0 Å². The van der Waals surface area contributed by atoms with Crippen molar-refractivity contribution in [2.75, 3.05) is 12.4 Å². The number of amides is 1. The summed E-state index contributed by atoms with van der Waals surface area (Å²) >= 11 is 3.07. The molecule has 0 unspecified atom stereocenters. The summed E-state index contributed by atoms with van der Waals surface area (Å²) in [5, 5.41) is 0. The van der Waals surface area contributed by atoms with Gasteiger partial charge >= 0.3 is 5.97 Å². The van der Waals surface area contributed by atoms with Gasteiger partial charge < -0.3 is 9.30 Å². The first-order valence-electron chi connectivity index (χ1n) is 9.18. The van der Waals surface area contributed by atoms with Crippen LogP contribution in [0, 0.1) is 0 Å². The fourth-order valence-corrected chi connectivity index (χ4v) is 4.75. The zero-order valence-corrected chi connectivity index (χ0v) is 17.5. The summed E-state index contributed by atoms with van der Waals surface area (Å²) < 4.78 is 7.98. The predicted molar refractivity (Wildman–Crippen MR) is 114 cm³/mol. The lowest BCUT2D eigenvalue weighted by molar-refractivity contribution is -0.117. The van der Waals surface area contributed by atoms with Crippen LogP contribution in [0.1, 0.15) is 30.6 Å². The average molecular weight is 415 g/mol. The minimum Gasteiger partial charge on any atom is -0.462 e. The summed E-state index contributed by atoms with van der Waals surface area (Å²) in [6.45, 7) is 4.83. The van der Waals surface area contributed by atoms with Gasteiger partial charge in [-0.3, -0.25) is 4.79 Å². The van der Waals surface area contributed by atoms with Gasteiger partial charge in [-0.1, -0.05) is 29.5 Å². The second-order valence-corrected chi connectivity index (χ2v) is 8.13. The minimum absolute atomic E-state index is 0.136. The van der Waals surface area contributed by atoms with Crippen LogP contribution in [0.15, 0.2) is 58.4 Å². The van der Waals surface area contributed by atoms with Crippen LogP contribution >= 0.6 is 23.1 Å². The third-order valence-electron chi connectivity index (χ3n) is 4.06. The zero-order valence-electron chi connectivity index (χ0n) is 15.9. The number of thiazole rings is 1. The Kier molecular flexibility index (Phi) is 7.06. The lowest BCUT2D eigenvalue weighted by Crippen LogP contribution is -2.16. The maximum Gasteiger partial charge on any atom is 0.338 e. The van der Waals surface area contributed by atoms with Crippen molar-refractivity contribution in [2.24, 2.45) is 4.99 Å². The van der Waals surface area contributed by atoms with E-state index in [1.54, 1.807) is 30.8 Å². The standard InChI is InChI=1S/C21H22N2O3S2/c1-3-23-17-11-10-15(20(25)26-4-2)14-18(17)28-21(23)22-19(24)12-13-27-16-8-6-5-7-9-16/h5-11,14H,3-4,12-13H2,1-2H3. The highest BCUT2D eigenvalue weighted by molar-refractivity contribution is 7.99. The number of aromatic nitrogens is 1. The summed E-state index contributed by atoms with van der Waals surface area (Å²) in [6.07, 6.45) is 0.381. The number of fused-ring (bicyclic) bond motifs is 1. The number of ether oxygens (including phenoxy) is 1. The van der Waals surface area contributed by atoms with E-state index >= 15 is 0 Å². The minimum atomic E-state index is -0.339. The van der Waals surface area contributed by atoms with Gasteiger partial charge in [-0.2, -0.15) is 4.99 Å². The molecular weight excluding hydrogens is 392 g/mol. The molecule has 0 N–H and O–H groups in total. The highest BCUT2D eigenvalue weighted by Crippen LogP contribution is 2.20. The van der Waals surface area contributed by atoms with E-state index in [0.717, 1.165) is 15.1 Å². The Morgan fingerprint density at radius 1 is 1.14 bits per heavy atom. The smallest absolute Gasteiger partial charge is 0.338 e. The quantitative estimate of drug-likeness (QED) is 0.422. The molecule has 1 aromatic heterocycles. The molecule has 0 aliphatic heterocycles. The van der Waals surface area contributed by atoms with E-state index in [9.17, 15) is 9.59 Å². The molecule has 28 heavy (non-hydrogen) atoms. The molecule has 0 atom stereocenters. The third-order valence-corrected chi connectivity index (χ3v) is 6.11. The Balaban J connectivity index is 1.78. The topological polar surface area (TPSA) is 60.7 Å². The lowest BCUT2D eigenvalue weighted by atomic mass is 10.2.